The number of methoxy groups -OCH3 is 1. The third-order valence-electron chi connectivity index (χ3n) is 5.16. The molecule has 2 aromatic rings. The molecule has 0 radical (unpaired) electrons. The molecule has 0 aromatic heterocycles. The van der Waals surface area contributed by atoms with Crippen LogP contribution in [-0.2, 0) is 9.63 Å². The van der Waals surface area contributed by atoms with Crippen LogP contribution in [0.15, 0.2) is 57.2 Å². The number of nitrogens with zero attached hydrogens (tertiary/aromatic N) is 2. The van der Waals surface area contributed by atoms with Gasteiger partial charge in [0.05, 0.1) is 17.2 Å². The lowest BCUT2D eigenvalue weighted by molar-refractivity contribution is -0.114. The van der Waals surface area contributed by atoms with Gasteiger partial charge in [-0.15, -0.1) is 5.06 Å². The summed E-state index contributed by atoms with van der Waals surface area (Å²) in [7, 11) is 1.54. The fraction of sp³-hybridized carbons (Fsp3) is 0.240. The van der Waals surface area contributed by atoms with Gasteiger partial charge < -0.3 is 19.0 Å². The number of carbonyl (C=O) groups excluding carboxylic acids is 1. The van der Waals surface area contributed by atoms with Crippen LogP contribution in [0, 0.1) is 19.3 Å². The smallest absolute Gasteiger partial charge is 0.282 e. The van der Waals surface area contributed by atoms with E-state index >= 15 is 0 Å². The molecule has 0 saturated heterocycles. The molecular weight excluding hydrogens is 502 g/mol. The first-order valence-corrected chi connectivity index (χ1v) is 11.4. The van der Waals surface area contributed by atoms with Gasteiger partial charge in [-0.05, 0) is 72.1 Å². The summed E-state index contributed by atoms with van der Waals surface area (Å²) in [6.45, 7) is 6.45. The number of amidine groups is 2. The second kappa shape index (κ2) is 9.72. The van der Waals surface area contributed by atoms with E-state index < -0.39 is 5.91 Å². The van der Waals surface area contributed by atoms with Crippen LogP contribution < -0.4 is 14.2 Å². The maximum absolute atomic E-state index is 12.5. The molecule has 0 saturated carbocycles. The van der Waals surface area contributed by atoms with E-state index in [1.54, 1.807) is 31.2 Å². The topological polar surface area (TPSA) is 93.4 Å². The molecule has 0 unspecified atom stereocenters. The molecule has 2 heterocycles. The normalized spacial score (nSPS) is 16.1. The van der Waals surface area contributed by atoms with Crippen molar-refractivity contribution in [2.45, 2.75) is 20.8 Å². The van der Waals surface area contributed by atoms with Crippen molar-refractivity contribution in [3.63, 3.8) is 0 Å². The van der Waals surface area contributed by atoms with E-state index in [1.165, 1.54) is 17.7 Å². The zero-order chi connectivity index (χ0) is 24.4. The van der Waals surface area contributed by atoms with Crippen molar-refractivity contribution in [1.29, 1.82) is 5.41 Å². The third-order valence-corrected chi connectivity index (χ3v) is 5.75. The van der Waals surface area contributed by atoms with E-state index in [1.807, 2.05) is 26.0 Å². The fourth-order valence-electron chi connectivity index (χ4n) is 3.59. The number of hydrogen-bond donors (Lipinski definition) is 1. The van der Waals surface area contributed by atoms with Gasteiger partial charge in [0.15, 0.2) is 23.2 Å². The minimum absolute atomic E-state index is 0.0814. The molecule has 0 aliphatic carbocycles. The number of hydroxylamine groups is 2. The number of hydrogen-bond acceptors (Lipinski definition) is 6. The zero-order valence-corrected chi connectivity index (χ0v) is 20.9. The molecule has 0 fully saturated rings. The molecule has 4 rings (SSSR count). The maximum Gasteiger partial charge on any atom is 0.282 e. The molecule has 34 heavy (non-hydrogen) atoms. The Morgan fingerprint density at radius 1 is 1.12 bits per heavy atom. The fourth-order valence-corrected chi connectivity index (χ4v) is 4.16. The van der Waals surface area contributed by atoms with Gasteiger partial charge in [0, 0.05) is 6.08 Å². The monoisotopic (exact) mass is 525 g/mol. The Hall–Kier alpha value is -3.59. The van der Waals surface area contributed by atoms with Gasteiger partial charge in [0.2, 0.25) is 0 Å². The molecule has 8 nitrogen and oxygen atoms in total. The van der Waals surface area contributed by atoms with Gasteiger partial charge in [-0.2, -0.15) is 4.99 Å². The summed E-state index contributed by atoms with van der Waals surface area (Å²) in [4.78, 5) is 22.0. The minimum atomic E-state index is -0.509. The first-order valence-electron chi connectivity index (χ1n) is 10.6. The number of aliphatic imine (C=N–C) groups is 1. The number of rotatable bonds is 7. The van der Waals surface area contributed by atoms with Crippen molar-refractivity contribution in [2.75, 3.05) is 20.3 Å². The summed E-state index contributed by atoms with van der Waals surface area (Å²) in [5.74, 6) is 2.08. The van der Waals surface area contributed by atoms with Gasteiger partial charge in [0.1, 0.15) is 24.7 Å². The maximum atomic E-state index is 12.5. The van der Waals surface area contributed by atoms with Crippen molar-refractivity contribution in [3.05, 3.63) is 68.9 Å². The standard InChI is InChI=1S/C25H24BrN3O5/c1-14-5-6-20(15(2)9-14)32-7-8-33-23-19(26)12-17(13-21(23)31-4)11-18-24(27)29-22(28-25(18)30)10-16(3)34-29/h5-6,9-13,27H,7-8H2,1-4H3/b18-11-,27-24?. The van der Waals surface area contributed by atoms with E-state index in [9.17, 15) is 4.79 Å². The van der Waals surface area contributed by atoms with E-state index in [2.05, 4.69) is 27.0 Å². The van der Waals surface area contributed by atoms with Crippen molar-refractivity contribution in [3.8, 4) is 17.2 Å². The van der Waals surface area contributed by atoms with Crippen LogP contribution in [0.1, 0.15) is 23.6 Å². The van der Waals surface area contributed by atoms with E-state index in [-0.39, 0.29) is 11.4 Å². The number of benzene rings is 2. The lowest BCUT2D eigenvalue weighted by Gasteiger charge is -2.23. The molecule has 176 valence electrons. The summed E-state index contributed by atoms with van der Waals surface area (Å²) in [6.07, 6.45) is 3.18. The Morgan fingerprint density at radius 2 is 1.88 bits per heavy atom. The SMILES string of the molecule is COc1cc(/C=C2/C(=N)N3OC(C)=CC3=NC2=O)cc(Br)c1OCCOc1ccc(C)cc1C. The van der Waals surface area contributed by atoms with Crippen molar-refractivity contribution >= 4 is 39.6 Å². The Bertz CT molecular complexity index is 1270. The molecule has 2 aliphatic heterocycles. The molecule has 0 spiro atoms. The predicted molar refractivity (Wildman–Crippen MR) is 132 cm³/mol. The number of fused-ring (bicyclic) bond motifs is 1. The van der Waals surface area contributed by atoms with Gasteiger partial charge in [0.25, 0.3) is 5.91 Å². The average molecular weight is 526 g/mol. The summed E-state index contributed by atoms with van der Waals surface area (Å²) in [6, 6.07) is 9.53. The largest absolute Gasteiger partial charge is 0.493 e. The Labute approximate surface area is 206 Å². The van der Waals surface area contributed by atoms with Crippen molar-refractivity contribution in [1.82, 2.24) is 5.06 Å². The van der Waals surface area contributed by atoms with Crippen LogP contribution in [-0.4, -0.2) is 43.0 Å². The minimum Gasteiger partial charge on any atom is -0.493 e. The van der Waals surface area contributed by atoms with Gasteiger partial charge in [-0.25, -0.2) is 0 Å². The number of ether oxygens (including phenoxy) is 3. The van der Waals surface area contributed by atoms with Gasteiger partial charge in [-0.3, -0.25) is 10.2 Å². The predicted octanol–water partition coefficient (Wildman–Crippen LogP) is 4.98. The highest BCUT2D eigenvalue weighted by Gasteiger charge is 2.34. The molecular formula is C25H24BrN3O5. The summed E-state index contributed by atoms with van der Waals surface area (Å²) < 4.78 is 17.9. The first kappa shape index (κ1) is 23.6. The van der Waals surface area contributed by atoms with E-state index in [4.69, 9.17) is 24.5 Å². The molecule has 9 heteroatoms. The molecule has 2 aromatic carbocycles. The number of allylic oxidation sites excluding steroid dienone is 1. The van der Waals surface area contributed by atoms with Gasteiger partial charge >= 0.3 is 0 Å². The summed E-state index contributed by atoms with van der Waals surface area (Å²) in [5.41, 5.74) is 3.00. The number of nitrogens with one attached hydrogen (secondary N) is 1. The first-order chi connectivity index (χ1) is 16.3. The molecule has 0 bridgehead atoms. The lowest BCUT2D eigenvalue weighted by Crippen LogP contribution is -2.38. The van der Waals surface area contributed by atoms with Crippen LogP contribution in [0.4, 0.5) is 0 Å². The highest BCUT2D eigenvalue weighted by molar-refractivity contribution is 9.10. The van der Waals surface area contributed by atoms with E-state index in [0.717, 1.165) is 11.3 Å². The van der Waals surface area contributed by atoms with E-state index in [0.29, 0.717) is 46.3 Å². The average Bonchev–Trinajstić information content (AvgIpc) is 3.16. The number of aryl methyl sites for hydroxylation is 2. The second-order valence-corrected chi connectivity index (χ2v) is 8.68. The molecule has 2 aliphatic rings. The number of halogens is 1. The lowest BCUT2D eigenvalue weighted by atomic mass is 10.1. The number of amides is 1. The van der Waals surface area contributed by atoms with Crippen LogP contribution in [0.25, 0.3) is 6.08 Å². The third kappa shape index (κ3) is 4.84. The van der Waals surface area contributed by atoms with Crippen LogP contribution in [0.3, 0.4) is 0 Å². The molecule has 0 atom stereocenters. The summed E-state index contributed by atoms with van der Waals surface area (Å²) >= 11 is 3.52. The Balaban J connectivity index is 1.48. The number of carbonyl (C=O) groups is 1. The summed E-state index contributed by atoms with van der Waals surface area (Å²) in [5, 5.41) is 9.59. The highest BCUT2D eigenvalue weighted by atomic mass is 79.9. The molecule has 1 N–H and O–H groups in total. The van der Waals surface area contributed by atoms with Crippen LogP contribution in [0.2, 0.25) is 0 Å². The quantitative estimate of drug-likeness (QED) is 0.404. The van der Waals surface area contributed by atoms with Crippen LogP contribution in [0.5, 0.6) is 17.2 Å². The Kier molecular flexibility index (Phi) is 6.74. The van der Waals surface area contributed by atoms with Crippen molar-refractivity contribution < 1.29 is 23.8 Å². The highest BCUT2D eigenvalue weighted by Crippen LogP contribution is 2.37. The van der Waals surface area contributed by atoms with Gasteiger partial charge in [-0.1, -0.05) is 17.7 Å². The van der Waals surface area contributed by atoms with Crippen molar-refractivity contribution in [2.24, 2.45) is 4.99 Å². The van der Waals surface area contributed by atoms with Crippen LogP contribution >= 0.6 is 15.9 Å². The second-order valence-electron chi connectivity index (χ2n) is 7.82. The Morgan fingerprint density at radius 3 is 2.62 bits per heavy atom. The molecule has 1 amide bonds. The zero-order valence-electron chi connectivity index (χ0n) is 19.3.